The summed E-state index contributed by atoms with van der Waals surface area (Å²) in [6.07, 6.45) is 10.5. The SMILES string of the molecule is CC(CC(C)(C#N)NC1CC1)SC1CCCCC1. The second-order valence-corrected chi connectivity index (χ2v) is 8.02. The lowest BCUT2D eigenvalue weighted by Crippen LogP contribution is -2.44. The van der Waals surface area contributed by atoms with Crippen LogP contribution in [0.4, 0.5) is 0 Å². The van der Waals surface area contributed by atoms with E-state index in [9.17, 15) is 5.26 Å². The highest BCUT2D eigenvalue weighted by Crippen LogP contribution is 2.34. The van der Waals surface area contributed by atoms with Gasteiger partial charge in [0.05, 0.1) is 6.07 Å². The minimum absolute atomic E-state index is 0.317. The zero-order valence-corrected chi connectivity index (χ0v) is 12.6. The van der Waals surface area contributed by atoms with E-state index in [0.717, 1.165) is 11.7 Å². The molecule has 1 N–H and O–H groups in total. The highest BCUT2D eigenvalue weighted by Gasteiger charge is 2.34. The first-order valence-corrected chi connectivity index (χ1v) is 8.40. The normalized spacial score (nSPS) is 26.3. The molecule has 2 fully saturated rings. The van der Waals surface area contributed by atoms with E-state index < -0.39 is 0 Å². The molecule has 2 aliphatic rings. The van der Waals surface area contributed by atoms with Gasteiger partial charge in [-0.1, -0.05) is 26.2 Å². The Morgan fingerprint density at radius 2 is 1.94 bits per heavy atom. The van der Waals surface area contributed by atoms with E-state index in [1.54, 1.807) is 0 Å². The summed E-state index contributed by atoms with van der Waals surface area (Å²) in [5.41, 5.74) is -0.317. The highest BCUT2D eigenvalue weighted by atomic mass is 32.2. The van der Waals surface area contributed by atoms with Crippen LogP contribution in [0.15, 0.2) is 0 Å². The Morgan fingerprint density at radius 3 is 2.50 bits per heavy atom. The van der Waals surface area contributed by atoms with Crippen molar-refractivity contribution in [2.24, 2.45) is 0 Å². The van der Waals surface area contributed by atoms with Gasteiger partial charge in [-0.3, -0.25) is 5.32 Å². The van der Waals surface area contributed by atoms with E-state index in [1.807, 2.05) is 0 Å². The van der Waals surface area contributed by atoms with E-state index >= 15 is 0 Å². The van der Waals surface area contributed by atoms with Crippen LogP contribution in [0.1, 0.15) is 65.2 Å². The molecule has 102 valence electrons. The minimum atomic E-state index is -0.317. The van der Waals surface area contributed by atoms with E-state index in [4.69, 9.17) is 0 Å². The molecule has 0 amide bonds. The first kappa shape index (κ1) is 14.2. The Kier molecular flexibility index (Phi) is 4.98. The van der Waals surface area contributed by atoms with Gasteiger partial charge in [-0.05, 0) is 39.0 Å². The Morgan fingerprint density at radius 1 is 1.28 bits per heavy atom. The van der Waals surface area contributed by atoms with Gasteiger partial charge in [-0.2, -0.15) is 17.0 Å². The summed E-state index contributed by atoms with van der Waals surface area (Å²) in [5.74, 6) is 0. The molecular weight excluding hydrogens is 240 g/mol. The van der Waals surface area contributed by atoms with Crippen LogP contribution in [0.3, 0.4) is 0 Å². The van der Waals surface area contributed by atoms with Crippen molar-refractivity contribution in [2.75, 3.05) is 0 Å². The summed E-state index contributed by atoms with van der Waals surface area (Å²) < 4.78 is 0. The molecule has 2 atom stereocenters. The van der Waals surface area contributed by atoms with Gasteiger partial charge in [0.2, 0.25) is 0 Å². The van der Waals surface area contributed by atoms with Gasteiger partial charge in [-0.25, -0.2) is 0 Å². The van der Waals surface area contributed by atoms with Crippen molar-refractivity contribution < 1.29 is 0 Å². The van der Waals surface area contributed by atoms with Gasteiger partial charge >= 0.3 is 0 Å². The number of nitrogens with one attached hydrogen (secondary N) is 1. The molecule has 0 spiro atoms. The van der Waals surface area contributed by atoms with Gasteiger partial charge in [0.25, 0.3) is 0 Å². The van der Waals surface area contributed by atoms with Crippen LogP contribution in [0, 0.1) is 11.3 Å². The molecule has 2 aliphatic carbocycles. The summed E-state index contributed by atoms with van der Waals surface area (Å²) in [5, 5.41) is 14.3. The molecule has 18 heavy (non-hydrogen) atoms. The molecule has 0 aromatic rings. The van der Waals surface area contributed by atoms with Crippen LogP contribution in [-0.2, 0) is 0 Å². The maximum atomic E-state index is 9.39. The minimum Gasteiger partial charge on any atom is -0.297 e. The van der Waals surface area contributed by atoms with Crippen LogP contribution in [0.25, 0.3) is 0 Å². The van der Waals surface area contributed by atoms with Gasteiger partial charge in [0, 0.05) is 16.5 Å². The number of hydrogen-bond donors (Lipinski definition) is 1. The van der Waals surface area contributed by atoms with Crippen molar-refractivity contribution in [1.29, 1.82) is 5.26 Å². The van der Waals surface area contributed by atoms with Crippen molar-refractivity contribution in [3.8, 4) is 6.07 Å². The third-order valence-electron chi connectivity index (χ3n) is 4.02. The van der Waals surface area contributed by atoms with E-state index in [-0.39, 0.29) is 5.54 Å². The van der Waals surface area contributed by atoms with Crippen molar-refractivity contribution in [3.63, 3.8) is 0 Å². The predicted octanol–water partition coefficient (Wildman–Crippen LogP) is 3.87. The van der Waals surface area contributed by atoms with Crippen LogP contribution in [0.2, 0.25) is 0 Å². The molecule has 0 aliphatic heterocycles. The van der Waals surface area contributed by atoms with Crippen LogP contribution < -0.4 is 5.32 Å². The molecule has 0 heterocycles. The predicted molar refractivity (Wildman–Crippen MR) is 78.7 cm³/mol. The zero-order valence-electron chi connectivity index (χ0n) is 11.7. The van der Waals surface area contributed by atoms with E-state index in [1.165, 1.54) is 44.9 Å². The molecule has 2 saturated carbocycles. The lowest BCUT2D eigenvalue weighted by atomic mass is 9.98. The van der Waals surface area contributed by atoms with Crippen molar-refractivity contribution in [1.82, 2.24) is 5.32 Å². The fourth-order valence-electron chi connectivity index (χ4n) is 2.97. The lowest BCUT2D eigenvalue weighted by molar-refractivity contribution is 0.413. The molecule has 0 radical (unpaired) electrons. The Balaban J connectivity index is 1.77. The Bertz CT molecular complexity index is 302. The monoisotopic (exact) mass is 266 g/mol. The summed E-state index contributed by atoms with van der Waals surface area (Å²) in [4.78, 5) is 0. The zero-order chi connectivity index (χ0) is 13.0. The van der Waals surface area contributed by atoms with E-state index in [0.29, 0.717) is 11.3 Å². The number of rotatable bonds is 6. The first-order chi connectivity index (χ1) is 8.61. The van der Waals surface area contributed by atoms with Crippen molar-refractivity contribution in [3.05, 3.63) is 0 Å². The van der Waals surface area contributed by atoms with Gasteiger partial charge in [-0.15, -0.1) is 0 Å². The summed E-state index contributed by atoms with van der Waals surface area (Å²) in [7, 11) is 0. The molecule has 2 rings (SSSR count). The molecule has 3 heteroatoms. The number of hydrogen-bond acceptors (Lipinski definition) is 3. The average Bonchev–Trinajstić information content (AvgIpc) is 3.13. The van der Waals surface area contributed by atoms with Gasteiger partial charge in [0.15, 0.2) is 0 Å². The third kappa shape index (κ3) is 4.48. The second kappa shape index (κ2) is 6.30. The van der Waals surface area contributed by atoms with Gasteiger partial charge in [0.1, 0.15) is 5.54 Å². The molecule has 2 unspecified atom stereocenters. The quantitative estimate of drug-likeness (QED) is 0.793. The van der Waals surface area contributed by atoms with Crippen LogP contribution >= 0.6 is 11.8 Å². The fraction of sp³-hybridized carbons (Fsp3) is 0.933. The fourth-order valence-corrected chi connectivity index (χ4v) is 4.66. The third-order valence-corrected chi connectivity index (χ3v) is 5.51. The first-order valence-electron chi connectivity index (χ1n) is 7.46. The summed E-state index contributed by atoms with van der Waals surface area (Å²) >= 11 is 2.12. The highest BCUT2D eigenvalue weighted by molar-refractivity contribution is 8.00. The molecule has 0 aromatic carbocycles. The molecule has 2 nitrogen and oxygen atoms in total. The topological polar surface area (TPSA) is 35.8 Å². The van der Waals surface area contributed by atoms with Crippen LogP contribution in [0.5, 0.6) is 0 Å². The summed E-state index contributed by atoms with van der Waals surface area (Å²) in [6.45, 7) is 4.37. The standard InChI is InChI=1S/C15H26N2S/c1-12(18-14-6-4-3-5-7-14)10-15(2,11-16)17-13-8-9-13/h12-14,17H,3-10H2,1-2H3. The van der Waals surface area contributed by atoms with E-state index in [2.05, 4.69) is 37.0 Å². The Hall–Kier alpha value is -0.200. The largest absolute Gasteiger partial charge is 0.297 e. The van der Waals surface area contributed by atoms with Crippen molar-refractivity contribution >= 4 is 11.8 Å². The second-order valence-electron chi connectivity index (χ2n) is 6.27. The number of thioether (sulfide) groups is 1. The number of nitriles is 1. The summed E-state index contributed by atoms with van der Waals surface area (Å²) in [6, 6.07) is 3.11. The molecule has 0 bridgehead atoms. The van der Waals surface area contributed by atoms with Crippen LogP contribution in [-0.4, -0.2) is 22.1 Å². The molecular formula is C15H26N2S. The maximum Gasteiger partial charge on any atom is 0.105 e. The Labute approximate surface area is 116 Å². The smallest absolute Gasteiger partial charge is 0.105 e. The van der Waals surface area contributed by atoms with Gasteiger partial charge < -0.3 is 0 Å². The molecule has 0 aromatic heterocycles. The molecule has 0 saturated heterocycles. The van der Waals surface area contributed by atoms with Crippen molar-refractivity contribution in [2.45, 2.75) is 87.3 Å². The lowest BCUT2D eigenvalue weighted by Gasteiger charge is -2.30. The number of nitrogens with zero attached hydrogens (tertiary/aromatic N) is 1. The maximum absolute atomic E-state index is 9.39. The average molecular weight is 266 g/mol.